The van der Waals surface area contributed by atoms with E-state index in [9.17, 15) is 8.78 Å². The van der Waals surface area contributed by atoms with Gasteiger partial charge in [0.1, 0.15) is 0 Å². The molecule has 0 radical (unpaired) electrons. The molecule has 0 fully saturated rings. The predicted octanol–water partition coefficient (Wildman–Crippen LogP) is 2.90. The van der Waals surface area contributed by atoms with Gasteiger partial charge in [0.05, 0.1) is 13.2 Å². The fraction of sp³-hybridized carbons (Fsp3) is 0.571. The Bertz CT molecular complexity index is 405. The number of aliphatic hydroxyl groups excluding tert-OH is 1. The van der Waals surface area contributed by atoms with E-state index in [2.05, 4.69) is 12.2 Å². The SMILES string of the molecule is CCCNCc1cc(Cl)ccc1N(CCO)CC(F)F. The lowest BCUT2D eigenvalue weighted by Crippen LogP contribution is -2.32. The zero-order chi connectivity index (χ0) is 15.0. The highest BCUT2D eigenvalue weighted by molar-refractivity contribution is 6.30. The van der Waals surface area contributed by atoms with E-state index in [1.165, 1.54) is 4.90 Å². The van der Waals surface area contributed by atoms with Crippen molar-refractivity contribution in [1.82, 2.24) is 5.32 Å². The molecule has 1 aromatic carbocycles. The van der Waals surface area contributed by atoms with Crippen molar-refractivity contribution < 1.29 is 13.9 Å². The highest BCUT2D eigenvalue weighted by Crippen LogP contribution is 2.25. The molecule has 114 valence electrons. The first-order chi connectivity index (χ1) is 9.58. The van der Waals surface area contributed by atoms with Crippen LogP contribution in [0.25, 0.3) is 0 Å². The monoisotopic (exact) mass is 306 g/mol. The van der Waals surface area contributed by atoms with Crippen LogP contribution in [0.2, 0.25) is 5.02 Å². The summed E-state index contributed by atoms with van der Waals surface area (Å²) in [7, 11) is 0. The number of nitrogens with one attached hydrogen (secondary N) is 1. The van der Waals surface area contributed by atoms with Gasteiger partial charge in [-0.1, -0.05) is 18.5 Å². The number of alkyl halides is 2. The molecular formula is C14H21ClF2N2O. The van der Waals surface area contributed by atoms with Crippen LogP contribution in [0.3, 0.4) is 0 Å². The molecule has 0 amide bonds. The topological polar surface area (TPSA) is 35.5 Å². The highest BCUT2D eigenvalue weighted by atomic mass is 35.5. The third-order valence-electron chi connectivity index (χ3n) is 2.85. The normalized spacial score (nSPS) is 11.1. The van der Waals surface area contributed by atoms with Crippen LogP contribution in [0.15, 0.2) is 18.2 Å². The Morgan fingerprint density at radius 3 is 2.75 bits per heavy atom. The minimum atomic E-state index is -2.45. The molecule has 20 heavy (non-hydrogen) atoms. The van der Waals surface area contributed by atoms with E-state index in [1.807, 2.05) is 0 Å². The Morgan fingerprint density at radius 1 is 1.40 bits per heavy atom. The van der Waals surface area contributed by atoms with Crippen LogP contribution in [-0.4, -0.2) is 37.8 Å². The third-order valence-corrected chi connectivity index (χ3v) is 3.09. The maximum atomic E-state index is 12.6. The van der Waals surface area contributed by atoms with Gasteiger partial charge in [-0.15, -0.1) is 0 Å². The van der Waals surface area contributed by atoms with Crippen LogP contribution in [0.1, 0.15) is 18.9 Å². The minimum absolute atomic E-state index is 0.169. The molecule has 0 saturated heterocycles. The van der Waals surface area contributed by atoms with Gasteiger partial charge in [-0.3, -0.25) is 0 Å². The zero-order valence-corrected chi connectivity index (χ0v) is 12.3. The molecule has 0 unspecified atom stereocenters. The number of aliphatic hydroxyl groups is 1. The molecule has 3 nitrogen and oxygen atoms in total. The highest BCUT2D eigenvalue weighted by Gasteiger charge is 2.15. The second-order valence-electron chi connectivity index (χ2n) is 4.51. The molecular weight excluding hydrogens is 286 g/mol. The van der Waals surface area contributed by atoms with Gasteiger partial charge in [0.2, 0.25) is 0 Å². The third kappa shape index (κ3) is 5.61. The van der Waals surface area contributed by atoms with Crippen molar-refractivity contribution in [1.29, 1.82) is 0 Å². The van der Waals surface area contributed by atoms with Crippen molar-refractivity contribution in [2.24, 2.45) is 0 Å². The van der Waals surface area contributed by atoms with Crippen molar-refractivity contribution in [3.63, 3.8) is 0 Å². The summed E-state index contributed by atoms with van der Waals surface area (Å²) in [5.41, 5.74) is 1.55. The zero-order valence-electron chi connectivity index (χ0n) is 11.6. The lowest BCUT2D eigenvalue weighted by atomic mass is 10.1. The molecule has 2 N–H and O–H groups in total. The first kappa shape index (κ1) is 17.1. The minimum Gasteiger partial charge on any atom is -0.395 e. The number of rotatable bonds is 9. The summed E-state index contributed by atoms with van der Waals surface area (Å²) in [5.74, 6) is 0. The number of benzene rings is 1. The predicted molar refractivity (Wildman–Crippen MR) is 78.8 cm³/mol. The van der Waals surface area contributed by atoms with Crippen molar-refractivity contribution in [2.45, 2.75) is 26.3 Å². The van der Waals surface area contributed by atoms with E-state index in [1.54, 1.807) is 18.2 Å². The largest absolute Gasteiger partial charge is 0.395 e. The average Bonchev–Trinajstić information content (AvgIpc) is 2.38. The van der Waals surface area contributed by atoms with Gasteiger partial charge >= 0.3 is 0 Å². The van der Waals surface area contributed by atoms with Crippen LogP contribution in [0.5, 0.6) is 0 Å². The van der Waals surface area contributed by atoms with Crippen molar-refractivity contribution in [3.05, 3.63) is 28.8 Å². The molecule has 0 aliphatic heterocycles. The summed E-state index contributed by atoms with van der Waals surface area (Å²) in [4.78, 5) is 1.49. The molecule has 0 spiro atoms. The number of hydrogen-bond donors (Lipinski definition) is 2. The van der Waals surface area contributed by atoms with E-state index in [0.717, 1.165) is 18.5 Å². The van der Waals surface area contributed by atoms with E-state index in [4.69, 9.17) is 16.7 Å². The number of halogens is 3. The number of hydrogen-bond acceptors (Lipinski definition) is 3. The standard InChI is InChI=1S/C14H21ClF2N2O/c1-2-5-18-9-11-8-12(15)3-4-13(11)19(6-7-20)10-14(16)17/h3-4,8,14,18,20H,2,5-7,9-10H2,1H3. The Kier molecular flexibility index (Phi) is 7.80. The molecule has 0 atom stereocenters. The Morgan fingerprint density at radius 2 is 2.15 bits per heavy atom. The molecule has 0 aliphatic carbocycles. The molecule has 0 aliphatic rings. The lowest BCUT2D eigenvalue weighted by Gasteiger charge is -2.26. The summed E-state index contributed by atoms with van der Waals surface area (Å²) in [5, 5.41) is 12.8. The van der Waals surface area contributed by atoms with Gasteiger partial charge in [-0.05, 0) is 36.7 Å². The van der Waals surface area contributed by atoms with E-state index < -0.39 is 13.0 Å². The fourth-order valence-corrected chi connectivity index (χ4v) is 2.20. The Balaban J connectivity index is 2.93. The Labute approximate surface area is 123 Å². The quantitative estimate of drug-likeness (QED) is 0.689. The Hall–Kier alpha value is -0.910. The first-order valence-corrected chi connectivity index (χ1v) is 7.09. The molecule has 0 bridgehead atoms. The summed E-state index contributed by atoms with van der Waals surface area (Å²) in [6, 6.07) is 5.18. The van der Waals surface area contributed by atoms with Crippen LogP contribution in [-0.2, 0) is 6.54 Å². The molecule has 1 aromatic rings. The smallest absolute Gasteiger partial charge is 0.255 e. The van der Waals surface area contributed by atoms with Crippen molar-refractivity contribution in [2.75, 3.05) is 31.1 Å². The summed E-state index contributed by atoms with van der Waals surface area (Å²) >= 11 is 5.97. The molecule has 6 heteroatoms. The lowest BCUT2D eigenvalue weighted by molar-refractivity contribution is 0.152. The maximum absolute atomic E-state index is 12.6. The summed E-state index contributed by atoms with van der Waals surface area (Å²) < 4.78 is 25.3. The van der Waals surface area contributed by atoms with Crippen LogP contribution in [0, 0.1) is 0 Å². The average molecular weight is 307 g/mol. The molecule has 0 heterocycles. The van der Waals surface area contributed by atoms with Gasteiger partial charge in [-0.25, -0.2) is 8.78 Å². The number of anilines is 1. The van der Waals surface area contributed by atoms with E-state index >= 15 is 0 Å². The van der Waals surface area contributed by atoms with Crippen LogP contribution >= 0.6 is 11.6 Å². The molecule has 0 saturated carbocycles. The maximum Gasteiger partial charge on any atom is 0.255 e. The summed E-state index contributed by atoms with van der Waals surface area (Å²) in [6.45, 7) is 3.07. The van der Waals surface area contributed by atoms with Gasteiger partial charge in [0.25, 0.3) is 6.43 Å². The van der Waals surface area contributed by atoms with Crippen molar-refractivity contribution >= 4 is 17.3 Å². The van der Waals surface area contributed by atoms with Gasteiger partial charge in [0, 0.05) is 23.8 Å². The van der Waals surface area contributed by atoms with Gasteiger partial charge in [0.15, 0.2) is 0 Å². The summed E-state index contributed by atoms with van der Waals surface area (Å²) in [6.07, 6.45) is -1.46. The van der Waals surface area contributed by atoms with Gasteiger partial charge < -0.3 is 15.3 Å². The second kappa shape index (κ2) is 9.10. The van der Waals surface area contributed by atoms with E-state index in [-0.39, 0.29) is 13.2 Å². The van der Waals surface area contributed by atoms with Crippen molar-refractivity contribution in [3.8, 4) is 0 Å². The van der Waals surface area contributed by atoms with Gasteiger partial charge in [-0.2, -0.15) is 0 Å². The fourth-order valence-electron chi connectivity index (χ4n) is 2.00. The second-order valence-corrected chi connectivity index (χ2v) is 4.95. The van der Waals surface area contributed by atoms with Crippen LogP contribution < -0.4 is 10.2 Å². The first-order valence-electron chi connectivity index (χ1n) is 6.71. The molecule has 0 aromatic heterocycles. The number of nitrogens with zero attached hydrogens (tertiary/aromatic N) is 1. The van der Waals surface area contributed by atoms with E-state index in [0.29, 0.717) is 17.3 Å². The van der Waals surface area contributed by atoms with Crippen LogP contribution in [0.4, 0.5) is 14.5 Å². The molecule has 1 rings (SSSR count).